The third-order valence-electron chi connectivity index (χ3n) is 6.50. The smallest absolute Gasteiger partial charge is 0.229 e. The van der Waals surface area contributed by atoms with Gasteiger partial charge < -0.3 is 14.4 Å². The highest BCUT2D eigenvalue weighted by Crippen LogP contribution is 2.32. The molecule has 3 aromatic rings. The van der Waals surface area contributed by atoms with Crippen LogP contribution in [0.25, 0.3) is 0 Å². The van der Waals surface area contributed by atoms with Crippen molar-refractivity contribution in [2.45, 2.75) is 38.4 Å². The van der Waals surface area contributed by atoms with E-state index < -0.39 is 10.0 Å². The molecule has 7 heteroatoms. The molecule has 0 aliphatic carbocycles. The molecule has 192 valence electrons. The van der Waals surface area contributed by atoms with Gasteiger partial charge in [-0.3, -0.25) is 4.72 Å². The number of nitrogens with zero attached hydrogens (tertiary/aromatic N) is 1. The van der Waals surface area contributed by atoms with Gasteiger partial charge >= 0.3 is 0 Å². The monoisotopic (exact) mass is 508 g/mol. The number of hydrogen-bond donors (Lipinski definition) is 1. The Balaban J connectivity index is 1.26. The van der Waals surface area contributed by atoms with Gasteiger partial charge in [-0.15, -0.1) is 0 Å². The normalized spacial score (nSPS) is 15.9. The number of hydrogen-bond acceptors (Lipinski definition) is 5. The Morgan fingerprint density at radius 1 is 0.944 bits per heavy atom. The number of piperidine rings is 1. The van der Waals surface area contributed by atoms with Crippen LogP contribution in [-0.4, -0.2) is 51.9 Å². The fourth-order valence-corrected chi connectivity index (χ4v) is 5.22. The topological polar surface area (TPSA) is 67.9 Å². The largest absolute Gasteiger partial charge is 0.491 e. The van der Waals surface area contributed by atoms with Gasteiger partial charge in [-0.2, -0.15) is 0 Å². The molecule has 1 aliphatic heterocycles. The molecule has 1 aliphatic rings. The van der Waals surface area contributed by atoms with Gasteiger partial charge in [0, 0.05) is 19.6 Å². The van der Waals surface area contributed by atoms with Crippen molar-refractivity contribution in [1.82, 2.24) is 4.90 Å². The molecule has 1 heterocycles. The van der Waals surface area contributed by atoms with Gasteiger partial charge in [0.2, 0.25) is 10.0 Å². The minimum atomic E-state index is -3.35. The van der Waals surface area contributed by atoms with Gasteiger partial charge in [-0.1, -0.05) is 66.7 Å². The number of rotatable bonds is 11. The van der Waals surface area contributed by atoms with Gasteiger partial charge in [-0.05, 0) is 55.0 Å². The van der Waals surface area contributed by atoms with E-state index in [4.69, 9.17) is 9.47 Å². The van der Waals surface area contributed by atoms with E-state index in [-0.39, 0.29) is 12.2 Å². The maximum Gasteiger partial charge on any atom is 0.229 e. The van der Waals surface area contributed by atoms with E-state index in [1.165, 1.54) is 16.7 Å². The summed E-state index contributed by atoms with van der Waals surface area (Å²) < 4.78 is 38.3. The molecule has 1 unspecified atom stereocenters. The van der Waals surface area contributed by atoms with E-state index in [2.05, 4.69) is 65.1 Å². The quantitative estimate of drug-likeness (QED) is 0.351. The van der Waals surface area contributed by atoms with Crippen molar-refractivity contribution in [1.29, 1.82) is 0 Å². The average molecular weight is 509 g/mol. The van der Waals surface area contributed by atoms with Crippen LogP contribution >= 0.6 is 0 Å². The van der Waals surface area contributed by atoms with Gasteiger partial charge in [0.25, 0.3) is 0 Å². The standard InChI is InChI=1S/C29H36N2O4S/c1-23-11-6-7-14-26(23)29(24-12-4-3-5-13-24)35-25-17-20-31(21-18-25)19-10-22-34-28-16-9-8-15-27(28)30-36(2,32)33/h3-9,11-16,25,29-30H,10,17-22H2,1-2H3. The van der Waals surface area contributed by atoms with Crippen molar-refractivity contribution in [3.63, 3.8) is 0 Å². The molecule has 0 bridgehead atoms. The number of likely N-dealkylation sites (tertiary alicyclic amines) is 1. The zero-order chi connectivity index (χ0) is 25.4. The van der Waals surface area contributed by atoms with E-state index in [0.29, 0.717) is 18.0 Å². The Kier molecular flexibility index (Phi) is 9.02. The zero-order valence-corrected chi connectivity index (χ0v) is 21.9. The van der Waals surface area contributed by atoms with Crippen molar-refractivity contribution in [2.24, 2.45) is 0 Å². The van der Waals surface area contributed by atoms with E-state index in [1.54, 1.807) is 18.2 Å². The van der Waals surface area contributed by atoms with Crippen molar-refractivity contribution in [3.8, 4) is 5.75 Å². The number of anilines is 1. The molecule has 1 N–H and O–H groups in total. The minimum absolute atomic E-state index is 0.0574. The van der Waals surface area contributed by atoms with Crippen LogP contribution in [0.5, 0.6) is 5.75 Å². The molecular formula is C29H36N2O4S. The molecule has 0 radical (unpaired) electrons. The molecule has 0 saturated carbocycles. The van der Waals surface area contributed by atoms with Crippen molar-refractivity contribution < 1.29 is 17.9 Å². The molecule has 36 heavy (non-hydrogen) atoms. The Hall–Kier alpha value is -2.87. The molecule has 4 rings (SSSR count). The fourth-order valence-electron chi connectivity index (χ4n) is 4.65. The van der Waals surface area contributed by atoms with Crippen molar-refractivity contribution >= 4 is 15.7 Å². The van der Waals surface area contributed by atoms with Crippen LogP contribution in [-0.2, 0) is 14.8 Å². The van der Waals surface area contributed by atoms with Crippen LogP contribution in [0.3, 0.4) is 0 Å². The van der Waals surface area contributed by atoms with Crippen LogP contribution in [0, 0.1) is 6.92 Å². The lowest BCUT2D eigenvalue weighted by Gasteiger charge is -2.34. The summed E-state index contributed by atoms with van der Waals surface area (Å²) in [5.41, 5.74) is 4.14. The molecule has 1 saturated heterocycles. The molecular weight excluding hydrogens is 472 g/mol. The second-order valence-corrected chi connectivity index (χ2v) is 11.1. The van der Waals surface area contributed by atoms with Crippen LogP contribution in [0.4, 0.5) is 5.69 Å². The number of ether oxygens (including phenoxy) is 2. The molecule has 1 atom stereocenters. The number of para-hydroxylation sites is 2. The van der Waals surface area contributed by atoms with Crippen LogP contribution < -0.4 is 9.46 Å². The summed E-state index contributed by atoms with van der Waals surface area (Å²) in [6, 6.07) is 26.1. The molecule has 3 aromatic carbocycles. The lowest BCUT2D eigenvalue weighted by atomic mass is 9.96. The third-order valence-corrected chi connectivity index (χ3v) is 7.09. The molecule has 0 amide bonds. The molecule has 0 aromatic heterocycles. The second-order valence-electron chi connectivity index (χ2n) is 9.40. The maximum atomic E-state index is 11.6. The summed E-state index contributed by atoms with van der Waals surface area (Å²) in [5, 5.41) is 0. The fraction of sp³-hybridized carbons (Fsp3) is 0.379. The highest BCUT2D eigenvalue weighted by molar-refractivity contribution is 7.92. The summed E-state index contributed by atoms with van der Waals surface area (Å²) in [4.78, 5) is 2.45. The zero-order valence-electron chi connectivity index (χ0n) is 21.1. The van der Waals surface area contributed by atoms with Crippen molar-refractivity contribution in [3.05, 3.63) is 95.6 Å². The van der Waals surface area contributed by atoms with E-state index in [1.807, 2.05) is 12.1 Å². The Bertz CT molecular complexity index is 1210. The molecule has 0 spiro atoms. The number of aryl methyl sites for hydroxylation is 1. The number of sulfonamides is 1. The first-order valence-electron chi connectivity index (χ1n) is 12.6. The second kappa shape index (κ2) is 12.4. The van der Waals surface area contributed by atoms with E-state index >= 15 is 0 Å². The van der Waals surface area contributed by atoms with E-state index in [9.17, 15) is 8.42 Å². The van der Waals surface area contributed by atoms with Gasteiger partial charge in [0.1, 0.15) is 11.9 Å². The first-order valence-corrected chi connectivity index (χ1v) is 14.5. The van der Waals surface area contributed by atoms with Crippen LogP contribution in [0.15, 0.2) is 78.9 Å². The third kappa shape index (κ3) is 7.56. The predicted octanol–water partition coefficient (Wildman–Crippen LogP) is 5.41. The Labute approximate surface area is 215 Å². The first kappa shape index (κ1) is 26.2. The molecule has 6 nitrogen and oxygen atoms in total. The van der Waals surface area contributed by atoms with E-state index in [0.717, 1.165) is 45.2 Å². The number of benzene rings is 3. The Morgan fingerprint density at radius 3 is 2.33 bits per heavy atom. The first-order chi connectivity index (χ1) is 17.4. The average Bonchev–Trinajstić information content (AvgIpc) is 2.87. The van der Waals surface area contributed by atoms with Crippen molar-refractivity contribution in [2.75, 3.05) is 37.2 Å². The maximum absolute atomic E-state index is 11.6. The highest BCUT2D eigenvalue weighted by Gasteiger charge is 2.25. The number of nitrogens with one attached hydrogen (secondary N) is 1. The van der Waals surface area contributed by atoms with Crippen LogP contribution in [0.2, 0.25) is 0 Å². The summed E-state index contributed by atoms with van der Waals surface area (Å²) >= 11 is 0. The summed E-state index contributed by atoms with van der Waals surface area (Å²) in [6.07, 6.45) is 4.16. The van der Waals surface area contributed by atoms with Gasteiger partial charge in [0.15, 0.2) is 0 Å². The summed E-state index contributed by atoms with van der Waals surface area (Å²) in [5.74, 6) is 0.554. The molecule has 1 fully saturated rings. The predicted molar refractivity (Wildman–Crippen MR) is 145 cm³/mol. The highest BCUT2D eigenvalue weighted by atomic mass is 32.2. The summed E-state index contributed by atoms with van der Waals surface area (Å²) in [6.45, 7) is 5.60. The van der Waals surface area contributed by atoms with Gasteiger partial charge in [-0.25, -0.2) is 8.42 Å². The Morgan fingerprint density at radius 2 is 1.61 bits per heavy atom. The lowest BCUT2D eigenvalue weighted by molar-refractivity contribution is -0.0275. The lowest BCUT2D eigenvalue weighted by Crippen LogP contribution is -2.38. The minimum Gasteiger partial charge on any atom is -0.491 e. The van der Waals surface area contributed by atoms with Gasteiger partial charge in [0.05, 0.1) is 24.7 Å². The summed E-state index contributed by atoms with van der Waals surface area (Å²) in [7, 11) is -3.35. The van der Waals surface area contributed by atoms with Crippen LogP contribution in [0.1, 0.15) is 42.1 Å². The SMILES string of the molecule is Cc1ccccc1C(OC1CCN(CCCOc2ccccc2NS(C)(=O)=O)CC1)c1ccccc1.